The highest BCUT2D eigenvalue weighted by molar-refractivity contribution is 6.20. The number of halogens is 2. The second kappa shape index (κ2) is 4.71. The van der Waals surface area contributed by atoms with Gasteiger partial charge in [-0.3, -0.25) is 0 Å². The van der Waals surface area contributed by atoms with Crippen LogP contribution in [0.15, 0.2) is 22.6 Å². The molecule has 1 heterocycles. The lowest BCUT2D eigenvalue weighted by atomic mass is 10.2. The summed E-state index contributed by atoms with van der Waals surface area (Å²) < 4.78 is 18.2. The number of aromatic nitrogens is 2. The highest BCUT2D eigenvalue weighted by Gasteiger charge is 2.11. The molecule has 1 N–H and O–H groups in total. The van der Waals surface area contributed by atoms with E-state index in [1.165, 1.54) is 12.1 Å². The van der Waals surface area contributed by atoms with Gasteiger partial charge >= 0.3 is 6.01 Å². The Morgan fingerprint density at radius 2 is 2.18 bits per heavy atom. The molecule has 17 heavy (non-hydrogen) atoms. The lowest BCUT2D eigenvalue weighted by Crippen LogP contribution is -1.93. The van der Waals surface area contributed by atoms with E-state index in [1.54, 1.807) is 19.9 Å². The number of hydrogen-bond donors (Lipinski definition) is 1. The second-order valence-corrected chi connectivity index (χ2v) is 4.30. The number of anilines is 2. The van der Waals surface area contributed by atoms with E-state index >= 15 is 0 Å². The number of alkyl halides is 1. The van der Waals surface area contributed by atoms with E-state index in [-0.39, 0.29) is 17.2 Å². The van der Waals surface area contributed by atoms with Gasteiger partial charge in [0, 0.05) is 5.69 Å². The van der Waals surface area contributed by atoms with Crippen LogP contribution in [0.3, 0.4) is 0 Å². The molecule has 1 unspecified atom stereocenters. The third-order valence-corrected chi connectivity index (χ3v) is 2.40. The van der Waals surface area contributed by atoms with Crippen molar-refractivity contribution >= 4 is 23.3 Å². The lowest BCUT2D eigenvalue weighted by molar-refractivity contribution is 0.510. The summed E-state index contributed by atoms with van der Waals surface area (Å²) in [7, 11) is 0. The third kappa shape index (κ3) is 2.74. The highest BCUT2D eigenvalue weighted by Crippen LogP contribution is 2.23. The Bertz CT molecular complexity index is 527. The van der Waals surface area contributed by atoms with Gasteiger partial charge in [0.25, 0.3) is 0 Å². The average molecular weight is 256 g/mol. The van der Waals surface area contributed by atoms with Crippen LogP contribution in [-0.4, -0.2) is 10.2 Å². The van der Waals surface area contributed by atoms with Gasteiger partial charge in [-0.05, 0) is 37.6 Å². The lowest BCUT2D eigenvalue weighted by Gasteiger charge is -2.04. The molecule has 4 nitrogen and oxygen atoms in total. The number of aryl methyl sites for hydroxylation is 1. The number of rotatable bonds is 3. The molecule has 0 aliphatic carbocycles. The molecule has 0 radical (unpaired) electrons. The summed E-state index contributed by atoms with van der Waals surface area (Å²) in [4.78, 5) is 0. The van der Waals surface area contributed by atoms with Crippen molar-refractivity contribution in [2.24, 2.45) is 0 Å². The van der Waals surface area contributed by atoms with Gasteiger partial charge in [0.1, 0.15) is 11.2 Å². The molecule has 0 aliphatic heterocycles. The van der Waals surface area contributed by atoms with Gasteiger partial charge in [-0.1, -0.05) is 5.10 Å². The molecule has 0 spiro atoms. The fourth-order valence-corrected chi connectivity index (χ4v) is 1.42. The van der Waals surface area contributed by atoms with Gasteiger partial charge in [0.05, 0.1) is 0 Å². The average Bonchev–Trinajstić information content (AvgIpc) is 2.71. The van der Waals surface area contributed by atoms with Crippen LogP contribution in [-0.2, 0) is 0 Å². The van der Waals surface area contributed by atoms with Crippen LogP contribution in [0.5, 0.6) is 0 Å². The molecule has 0 aliphatic rings. The van der Waals surface area contributed by atoms with Crippen LogP contribution in [0.25, 0.3) is 0 Å². The molecular formula is C11H11ClFN3O. The van der Waals surface area contributed by atoms with E-state index in [2.05, 4.69) is 15.5 Å². The first-order valence-corrected chi connectivity index (χ1v) is 5.50. The molecule has 0 amide bonds. The number of benzene rings is 1. The molecule has 1 aromatic heterocycles. The minimum absolute atomic E-state index is 0.238. The maximum absolute atomic E-state index is 12.9. The van der Waals surface area contributed by atoms with Crippen LogP contribution >= 0.6 is 11.6 Å². The molecule has 0 saturated carbocycles. The van der Waals surface area contributed by atoms with Gasteiger partial charge < -0.3 is 9.73 Å². The first-order valence-electron chi connectivity index (χ1n) is 5.07. The molecule has 6 heteroatoms. The van der Waals surface area contributed by atoms with E-state index in [0.29, 0.717) is 11.6 Å². The first-order chi connectivity index (χ1) is 8.06. The van der Waals surface area contributed by atoms with Crippen LogP contribution in [0, 0.1) is 12.7 Å². The molecule has 1 atom stereocenters. The largest absolute Gasteiger partial charge is 0.406 e. The monoisotopic (exact) mass is 255 g/mol. The Hall–Kier alpha value is -1.62. The number of nitrogens with one attached hydrogen (secondary N) is 1. The van der Waals surface area contributed by atoms with Crippen molar-refractivity contribution in [1.29, 1.82) is 0 Å². The zero-order valence-electron chi connectivity index (χ0n) is 9.37. The molecule has 0 fully saturated rings. The van der Waals surface area contributed by atoms with Gasteiger partial charge in [-0.2, -0.15) is 0 Å². The Morgan fingerprint density at radius 3 is 2.76 bits per heavy atom. The third-order valence-electron chi connectivity index (χ3n) is 2.21. The molecule has 90 valence electrons. The second-order valence-electron chi connectivity index (χ2n) is 3.65. The summed E-state index contributed by atoms with van der Waals surface area (Å²) in [6.45, 7) is 3.52. The van der Waals surface area contributed by atoms with E-state index in [9.17, 15) is 4.39 Å². The van der Waals surface area contributed by atoms with E-state index in [0.717, 1.165) is 5.56 Å². The summed E-state index contributed by atoms with van der Waals surface area (Å²) in [6, 6.07) is 4.63. The fourth-order valence-electron chi connectivity index (χ4n) is 1.33. The summed E-state index contributed by atoms with van der Waals surface area (Å²) in [5.74, 6) is 0.0579. The smallest absolute Gasteiger partial charge is 0.320 e. The minimum Gasteiger partial charge on any atom is -0.406 e. The van der Waals surface area contributed by atoms with Gasteiger partial charge in [-0.25, -0.2) is 4.39 Å². The number of nitrogens with zero attached hydrogens (tertiary/aromatic N) is 2. The van der Waals surface area contributed by atoms with E-state index in [4.69, 9.17) is 16.0 Å². The topological polar surface area (TPSA) is 51.0 Å². The SMILES string of the molecule is Cc1cc(F)ccc1Nc1nnc(C(C)Cl)o1. The molecular weight excluding hydrogens is 245 g/mol. The maximum Gasteiger partial charge on any atom is 0.320 e. The summed E-state index contributed by atoms with van der Waals surface area (Å²) in [5.41, 5.74) is 1.47. The number of hydrogen-bond acceptors (Lipinski definition) is 4. The Kier molecular flexibility index (Phi) is 3.28. The Balaban J connectivity index is 2.19. The molecule has 0 bridgehead atoms. The maximum atomic E-state index is 12.9. The zero-order valence-corrected chi connectivity index (χ0v) is 10.1. The van der Waals surface area contributed by atoms with E-state index < -0.39 is 0 Å². The van der Waals surface area contributed by atoms with Crippen LogP contribution in [0.1, 0.15) is 23.8 Å². The van der Waals surface area contributed by atoms with Gasteiger partial charge in [0.2, 0.25) is 5.89 Å². The minimum atomic E-state index is -0.340. The Morgan fingerprint density at radius 1 is 1.41 bits per heavy atom. The molecule has 2 aromatic rings. The predicted molar refractivity (Wildman–Crippen MR) is 63.0 cm³/mol. The van der Waals surface area contributed by atoms with Crippen molar-refractivity contribution in [2.75, 3.05) is 5.32 Å². The summed E-state index contributed by atoms with van der Waals surface area (Å²) in [6.07, 6.45) is 0. The van der Waals surface area contributed by atoms with Crippen LogP contribution < -0.4 is 5.32 Å². The summed E-state index contributed by atoms with van der Waals surface area (Å²) >= 11 is 5.80. The van der Waals surface area contributed by atoms with Crippen molar-refractivity contribution in [3.05, 3.63) is 35.5 Å². The molecule has 2 rings (SSSR count). The quantitative estimate of drug-likeness (QED) is 0.852. The van der Waals surface area contributed by atoms with Crippen LogP contribution in [0.4, 0.5) is 16.1 Å². The first kappa shape index (κ1) is 11.9. The van der Waals surface area contributed by atoms with Crippen LogP contribution in [0.2, 0.25) is 0 Å². The fraction of sp³-hybridized carbons (Fsp3) is 0.273. The normalized spacial score (nSPS) is 12.5. The van der Waals surface area contributed by atoms with Crippen molar-refractivity contribution < 1.29 is 8.81 Å². The molecule has 1 aromatic carbocycles. The van der Waals surface area contributed by atoms with Crippen molar-refractivity contribution in [3.63, 3.8) is 0 Å². The van der Waals surface area contributed by atoms with Gasteiger partial charge in [0.15, 0.2) is 0 Å². The predicted octanol–water partition coefficient (Wildman–Crippen LogP) is 3.56. The van der Waals surface area contributed by atoms with Crippen molar-refractivity contribution in [1.82, 2.24) is 10.2 Å². The Labute approximate surface area is 103 Å². The standard InChI is InChI=1S/C11H11ClFN3O/c1-6-5-8(13)3-4-9(6)14-11-16-15-10(17-11)7(2)12/h3-5,7H,1-2H3,(H,14,16). The molecule has 0 saturated heterocycles. The van der Waals surface area contributed by atoms with E-state index in [1.807, 2.05) is 0 Å². The van der Waals surface area contributed by atoms with Crippen molar-refractivity contribution in [3.8, 4) is 0 Å². The summed E-state index contributed by atoms with van der Waals surface area (Å²) in [5, 5.41) is 10.1. The van der Waals surface area contributed by atoms with Crippen molar-refractivity contribution in [2.45, 2.75) is 19.2 Å². The zero-order chi connectivity index (χ0) is 12.4. The van der Waals surface area contributed by atoms with Gasteiger partial charge in [-0.15, -0.1) is 16.7 Å². The highest BCUT2D eigenvalue weighted by atomic mass is 35.5.